The SMILES string of the molecule is COc1cc(N2CCC3(CCN(CCF)CC3)CC2)c(-c2cnn(C)c2)cc1Nc1ncc(Br)c(Nc2ccc3ncccc3c2P(C)(C)=O)n1. The molecule has 2 aliphatic rings. The summed E-state index contributed by atoms with van der Waals surface area (Å²) < 4.78 is 34.9. The number of piperidine rings is 2. The maximum absolute atomic E-state index is 13.5. The zero-order chi connectivity index (χ0) is 35.8. The lowest BCUT2D eigenvalue weighted by molar-refractivity contribution is 0.0764. The Morgan fingerprint density at radius 1 is 1.00 bits per heavy atom. The van der Waals surface area contributed by atoms with Crippen LogP contribution in [0.1, 0.15) is 25.7 Å². The second-order valence-corrected chi connectivity index (χ2v) is 18.0. The van der Waals surface area contributed by atoms with Crippen LogP contribution in [-0.2, 0) is 11.6 Å². The van der Waals surface area contributed by atoms with Crippen molar-refractivity contribution in [3.05, 3.63) is 65.7 Å². The maximum atomic E-state index is 13.5. The molecule has 0 atom stereocenters. The Balaban J connectivity index is 1.18. The zero-order valence-corrected chi connectivity index (χ0v) is 32.0. The fourth-order valence-corrected chi connectivity index (χ4v) is 9.33. The van der Waals surface area contributed by atoms with Gasteiger partial charge >= 0.3 is 0 Å². The average molecular weight is 777 g/mol. The molecule has 3 aromatic heterocycles. The van der Waals surface area contributed by atoms with E-state index >= 15 is 0 Å². The molecule has 2 saturated heterocycles. The number of halogens is 2. The summed E-state index contributed by atoms with van der Waals surface area (Å²) in [5, 5.41) is 12.9. The highest BCUT2D eigenvalue weighted by molar-refractivity contribution is 9.10. The van der Waals surface area contributed by atoms with E-state index in [-0.39, 0.29) is 6.67 Å². The summed E-state index contributed by atoms with van der Waals surface area (Å²) in [5.41, 5.74) is 5.64. The topological polar surface area (TPSA) is 113 Å². The van der Waals surface area contributed by atoms with Crippen LogP contribution < -0.4 is 25.6 Å². The van der Waals surface area contributed by atoms with Gasteiger partial charge in [-0.2, -0.15) is 10.1 Å². The molecule has 2 fully saturated rings. The molecule has 2 aliphatic heterocycles. The molecule has 2 N–H and O–H groups in total. The van der Waals surface area contributed by atoms with E-state index in [0.29, 0.717) is 45.3 Å². The van der Waals surface area contributed by atoms with Crippen LogP contribution in [-0.4, -0.2) is 89.5 Å². The van der Waals surface area contributed by atoms with Gasteiger partial charge in [0.25, 0.3) is 0 Å². The Morgan fingerprint density at radius 3 is 2.45 bits per heavy atom. The van der Waals surface area contributed by atoms with E-state index in [1.807, 2.05) is 48.4 Å². The first-order chi connectivity index (χ1) is 24.6. The molecule has 0 saturated carbocycles. The molecule has 0 aliphatic carbocycles. The summed E-state index contributed by atoms with van der Waals surface area (Å²) in [6, 6.07) is 11.8. The molecule has 0 bridgehead atoms. The predicted molar refractivity (Wildman–Crippen MR) is 208 cm³/mol. The van der Waals surface area contributed by atoms with Crippen LogP contribution in [0.2, 0.25) is 0 Å². The number of fused-ring (bicyclic) bond motifs is 1. The summed E-state index contributed by atoms with van der Waals surface area (Å²) in [7, 11) is 0.876. The van der Waals surface area contributed by atoms with E-state index < -0.39 is 7.14 Å². The third-order valence-electron chi connectivity index (χ3n) is 10.4. The number of methoxy groups -OCH3 is 1. The summed E-state index contributed by atoms with van der Waals surface area (Å²) in [4.78, 5) is 18.6. The van der Waals surface area contributed by atoms with Crippen LogP contribution in [0, 0.1) is 5.41 Å². The van der Waals surface area contributed by atoms with Crippen LogP contribution in [0.4, 0.5) is 33.2 Å². The number of likely N-dealkylation sites (tertiary alicyclic amines) is 1. The first kappa shape index (κ1) is 35.3. The van der Waals surface area contributed by atoms with Gasteiger partial charge in [0.1, 0.15) is 25.4 Å². The first-order valence-corrected chi connectivity index (χ1v) is 20.7. The Kier molecular flexibility index (Phi) is 10.1. The van der Waals surface area contributed by atoms with Crippen LogP contribution in [0.5, 0.6) is 5.75 Å². The van der Waals surface area contributed by atoms with E-state index in [1.165, 1.54) is 0 Å². The van der Waals surface area contributed by atoms with E-state index in [2.05, 4.69) is 63.6 Å². The summed E-state index contributed by atoms with van der Waals surface area (Å²) in [5.74, 6) is 1.55. The second kappa shape index (κ2) is 14.5. The monoisotopic (exact) mass is 775 g/mol. The molecule has 1 spiro atoms. The lowest BCUT2D eigenvalue weighted by Gasteiger charge is -2.47. The number of benzene rings is 2. The number of alkyl halides is 1. The molecule has 0 unspecified atom stereocenters. The minimum absolute atomic E-state index is 0.275. The third-order valence-corrected chi connectivity index (χ3v) is 12.5. The molecule has 5 heterocycles. The van der Waals surface area contributed by atoms with Crippen molar-refractivity contribution in [3.8, 4) is 16.9 Å². The van der Waals surface area contributed by atoms with E-state index in [1.54, 1.807) is 32.8 Å². The number of ether oxygens (including phenoxy) is 1. The van der Waals surface area contributed by atoms with Crippen molar-refractivity contribution in [1.82, 2.24) is 29.6 Å². The Bertz CT molecular complexity index is 2090. The van der Waals surface area contributed by atoms with Gasteiger partial charge in [-0.3, -0.25) is 9.67 Å². The highest BCUT2D eigenvalue weighted by Crippen LogP contribution is 2.46. The lowest BCUT2D eigenvalue weighted by Crippen LogP contribution is -2.47. The largest absolute Gasteiger partial charge is 0.494 e. The Hall–Kier alpha value is -4.06. The number of hydrogen-bond acceptors (Lipinski definition) is 10. The molecule has 5 aromatic rings. The minimum atomic E-state index is -2.71. The molecule has 51 heavy (non-hydrogen) atoms. The molecule has 14 heteroatoms. The maximum Gasteiger partial charge on any atom is 0.229 e. The molecular formula is C37H44BrFN9O2P. The molecule has 11 nitrogen and oxygen atoms in total. The van der Waals surface area contributed by atoms with Gasteiger partial charge in [-0.15, -0.1) is 0 Å². The smallest absolute Gasteiger partial charge is 0.229 e. The number of aryl methyl sites for hydroxylation is 1. The fourth-order valence-electron chi connectivity index (χ4n) is 7.56. The van der Waals surface area contributed by atoms with Gasteiger partial charge in [0.05, 0.1) is 34.7 Å². The van der Waals surface area contributed by atoms with Gasteiger partial charge in [-0.05, 0) is 97.7 Å². The van der Waals surface area contributed by atoms with Crippen molar-refractivity contribution < 1.29 is 13.7 Å². The van der Waals surface area contributed by atoms with E-state index in [9.17, 15) is 8.96 Å². The second-order valence-electron chi connectivity index (χ2n) is 14.0. The van der Waals surface area contributed by atoms with Crippen LogP contribution in [0.25, 0.3) is 22.0 Å². The van der Waals surface area contributed by atoms with Crippen molar-refractivity contribution >= 4 is 68.1 Å². The van der Waals surface area contributed by atoms with Crippen LogP contribution in [0.3, 0.4) is 0 Å². The summed E-state index contributed by atoms with van der Waals surface area (Å²) >= 11 is 3.61. The highest BCUT2D eigenvalue weighted by Gasteiger charge is 2.38. The predicted octanol–water partition coefficient (Wildman–Crippen LogP) is 7.58. The number of pyridine rings is 1. The number of anilines is 5. The van der Waals surface area contributed by atoms with Crippen molar-refractivity contribution in [3.63, 3.8) is 0 Å². The molecular weight excluding hydrogens is 732 g/mol. The third kappa shape index (κ3) is 7.47. The fraction of sp³-hybridized carbons (Fsp3) is 0.405. The van der Waals surface area contributed by atoms with Crippen molar-refractivity contribution in [1.29, 1.82) is 0 Å². The number of nitrogens with zero attached hydrogens (tertiary/aromatic N) is 7. The number of nitrogens with one attached hydrogen (secondary N) is 2. The lowest BCUT2D eigenvalue weighted by atomic mass is 9.71. The van der Waals surface area contributed by atoms with Gasteiger partial charge in [0.15, 0.2) is 0 Å². The number of aromatic nitrogens is 5. The normalized spacial score (nSPS) is 16.5. The van der Waals surface area contributed by atoms with Crippen molar-refractivity contribution in [2.24, 2.45) is 12.5 Å². The molecule has 7 rings (SSSR count). The van der Waals surface area contributed by atoms with Gasteiger partial charge in [0, 0.05) is 78.8 Å². The quantitative estimate of drug-likeness (QED) is 0.138. The Morgan fingerprint density at radius 2 is 1.76 bits per heavy atom. The van der Waals surface area contributed by atoms with Gasteiger partial charge in [-0.1, -0.05) is 6.07 Å². The zero-order valence-electron chi connectivity index (χ0n) is 29.5. The average Bonchev–Trinajstić information content (AvgIpc) is 3.56. The molecule has 2 aromatic carbocycles. The van der Waals surface area contributed by atoms with Crippen molar-refractivity contribution in [2.45, 2.75) is 25.7 Å². The standard InChI is InChI=1S/C37H44BrFN9O2P/c1-46-24-25(22-42-46)27-20-31(33(50-2)21-32(27)48-17-11-37(12-18-48)9-15-47(16-10-37)19-13-39)44-36-41-23-28(38)35(45-36)43-30-8-7-29-26(6-5-14-40-29)34(30)51(3,4)49/h5-8,14,20-24H,9-13,15-19H2,1-4H3,(H2,41,43,44,45). The molecule has 0 radical (unpaired) electrons. The molecule has 268 valence electrons. The van der Waals surface area contributed by atoms with E-state index in [4.69, 9.17) is 9.72 Å². The summed E-state index contributed by atoms with van der Waals surface area (Å²) in [6.07, 6.45) is 11.8. The molecule has 0 amide bonds. The number of rotatable bonds is 10. The minimum Gasteiger partial charge on any atom is -0.494 e. The van der Waals surface area contributed by atoms with Crippen LogP contribution >= 0.6 is 23.1 Å². The number of hydrogen-bond donors (Lipinski definition) is 2. The highest BCUT2D eigenvalue weighted by atomic mass is 79.9. The van der Waals surface area contributed by atoms with Gasteiger partial charge in [-0.25, -0.2) is 9.37 Å². The van der Waals surface area contributed by atoms with Gasteiger partial charge in [0.2, 0.25) is 5.95 Å². The first-order valence-electron chi connectivity index (χ1n) is 17.3. The summed E-state index contributed by atoms with van der Waals surface area (Å²) in [6.45, 7) is 7.63. The van der Waals surface area contributed by atoms with Crippen molar-refractivity contribution in [2.75, 3.05) is 75.4 Å². The Labute approximate surface area is 306 Å². The van der Waals surface area contributed by atoms with Gasteiger partial charge < -0.3 is 29.7 Å². The van der Waals surface area contributed by atoms with Crippen LogP contribution in [0.15, 0.2) is 65.7 Å². The van der Waals surface area contributed by atoms with E-state index in [0.717, 1.165) is 84.9 Å².